The molecule has 0 bridgehead atoms. The van der Waals surface area contributed by atoms with Crippen LogP contribution in [0.3, 0.4) is 0 Å². The van der Waals surface area contributed by atoms with Crippen LogP contribution in [-0.4, -0.2) is 46.2 Å². The molecule has 1 heterocycles. The summed E-state index contributed by atoms with van der Waals surface area (Å²) in [7, 11) is 6.02. The van der Waals surface area contributed by atoms with Crippen molar-refractivity contribution in [2.75, 3.05) is 44.0 Å². The molecule has 1 aliphatic rings. The molecule has 11 heteroatoms. The van der Waals surface area contributed by atoms with Gasteiger partial charge in [0, 0.05) is 21.8 Å². The van der Waals surface area contributed by atoms with Crippen LogP contribution in [0.15, 0.2) is 94.4 Å². The molecule has 4 aromatic carbocycles. The summed E-state index contributed by atoms with van der Waals surface area (Å²) in [5.41, 5.74) is 4.15. The molecule has 0 spiro atoms. The highest BCUT2D eigenvalue weighted by Gasteiger charge is 2.40. The Morgan fingerprint density at radius 3 is 1.89 bits per heavy atom. The normalized spacial score (nSPS) is 12.7. The van der Waals surface area contributed by atoms with Crippen LogP contribution in [0, 0.1) is 13.8 Å². The summed E-state index contributed by atoms with van der Waals surface area (Å²) in [5, 5.41) is 6.02. The van der Waals surface area contributed by atoms with Gasteiger partial charge in [0.25, 0.3) is 17.7 Å². The number of nitrogens with zero attached hydrogens (tertiary/aromatic N) is 1. The Morgan fingerprint density at radius 1 is 0.696 bits per heavy atom. The zero-order valence-electron chi connectivity index (χ0n) is 26.2. The molecule has 236 valence electrons. The monoisotopic (exact) mass is 639 g/mol. The second-order valence-electron chi connectivity index (χ2n) is 10.3. The standard InChI is InChI=1S/C35H33N3O7S/c1-20-7-12-25(17-21(20)2)38-34(40)30(36-23-8-13-26(42-3)14-9-23)32(35(38)41)46-27-15-10-24(11-16-27)37-33(39)22-18-28(43-4)31(45-6)29(19-22)44-5/h7-19,36H,1-6H3,(H,37,39). The summed E-state index contributed by atoms with van der Waals surface area (Å²) < 4.78 is 21.3. The summed E-state index contributed by atoms with van der Waals surface area (Å²) in [4.78, 5) is 42.8. The van der Waals surface area contributed by atoms with Crippen LogP contribution in [0.1, 0.15) is 21.5 Å². The van der Waals surface area contributed by atoms with Crippen LogP contribution in [-0.2, 0) is 9.59 Å². The summed E-state index contributed by atoms with van der Waals surface area (Å²) in [5.74, 6) is 0.489. The number of carbonyl (C=O) groups excluding carboxylic acids is 3. The predicted octanol–water partition coefficient (Wildman–Crippen LogP) is 6.58. The molecule has 10 nitrogen and oxygen atoms in total. The van der Waals surface area contributed by atoms with Gasteiger partial charge >= 0.3 is 0 Å². The van der Waals surface area contributed by atoms with Crippen LogP contribution in [0.2, 0.25) is 0 Å². The minimum absolute atomic E-state index is 0.165. The summed E-state index contributed by atoms with van der Waals surface area (Å²) in [6, 6.07) is 22.7. The summed E-state index contributed by atoms with van der Waals surface area (Å²) in [6.07, 6.45) is 0. The van der Waals surface area contributed by atoms with Crippen LogP contribution >= 0.6 is 11.8 Å². The number of aryl methyl sites for hydroxylation is 2. The number of amides is 3. The number of rotatable bonds is 11. The van der Waals surface area contributed by atoms with Gasteiger partial charge in [-0.3, -0.25) is 14.4 Å². The number of hydrogen-bond acceptors (Lipinski definition) is 9. The third-order valence-electron chi connectivity index (χ3n) is 7.41. The van der Waals surface area contributed by atoms with E-state index in [1.807, 2.05) is 26.0 Å². The third kappa shape index (κ3) is 6.50. The quantitative estimate of drug-likeness (QED) is 0.176. The molecule has 0 aromatic heterocycles. The Balaban J connectivity index is 1.40. The highest BCUT2D eigenvalue weighted by atomic mass is 32.2. The Labute approximate surface area is 271 Å². The number of methoxy groups -OCH3 is 4. The van der Waals surface area contributed by atoms with E-state index >= 15 is 0 Å². The lowest BCUT2D eigenvalue weighted by atomic mass is 10.1. The number of anilines is 3. The molecule has 0 radical (unpaired) electrons. The minimum atomic E-state index is -0.458. The van der Waals surface area contributed by atoms with Crippen molar-refractivity contribution < 1.29 is 33.3 Å². The van der Waals surface area contributed by atoms with Gasteiger partial charge in [0.05, 0.1) is 34.1 Å². The maximum absolute atomic E-state index is 13.8. The highest BCUT2D eigenvalue weighted by Crippen LogP contribution is 2.40. The molecule has 0 atom stereocenters. The summed E-state index contributed by atoms with van der Waals surface area (Å²) >= 11 is 1.16. The molecule has 3 amide bonds. The fraction of sp³-hybridized carbons (Fsp3) is 0.171. The van der Waals surface area contributed by atoms with Gasteiger partial charge in [-0.05, 0) is 97.8 Å². The van der Waals surface area contributed by atoms with Crippen LogP contribution in [0.25, 0.3) is 0 Å². The first-order chi connectivity index (χ1) is 22.2. The number of benzene rings is 4. The van der Waals surface area contributed by atoms with Crippen LogP contribution < -0.4 is 34.5 Å². The van der Waals surface area contributed by atoms with Crippen LogP contribution in [0.5, 0.6) is 23.0 Å². The SMILES string of the molecule is COc1ccc(NC2=C(Sc3ccc(NC(=O)c4cc(OC)c(OC)c(OC)c4)cc3)C(=O)N(c3ccc(C)c(C)c3)C2=O)cc1. The number of nitrogens with one attached hydrogen (secondary N) is 2. The van der Waals surface area contributed by atoms with Crippen molar-refractivity contribution in [1.82, 2.24) is 0 Å². The second kappa shape index (κ2) is 13.7. The Bertz CT molecular complexity index is 1810. The lowest BCUT2D eigenvalue weighted by Gasteiger charge is -2.16. The van der Waals surface area contributed by atoms with Gasteiger partial charge in [0.2, 0.25) is 5.75 Å². The lowest BCUT2D eigenvalue weighted by molar-refractivity contribution is -0.120. The van der Waals surface area contributed by atoms with Crippen molar-refractivity contribution in [3.63, 3.8) is 0 Å². The van der Waals surface area contributed by atoms with Crippen molar-refractivity contribution in [2.24, 2.45) is 0 Å². The Morgan fingerprint density at radius 2 is 1.33 bits per heavy atom. The molecule has 1 aliphatic heterocycles. The number of ether oxygens (including phenoxy) is 4. The number of imide groups is 1. The van der Waals surface area contributed by atoms with Gasteiger partial charge < -0.3 is 29.6 Å². The van der Waals surface area contributed by atoms with Crippen molar-refractivity contribution in [3.8, 4) is 23.0 Å². The van der Waals surface area contributed by atoms with E-state index in [-0.39, 0.29) is 16.5 Å². The predicted molar refractivity (Wildman–Crippen MR) is 178 cm³/mol. The average molecular weight is 640 g/mol. The molecule has 5 rings (SSSR count). The second-order valence-corrected chi connectivity index (χ2v) is 11.4. The number of thioether (sulfide) groups is 1. The molecule has 46 heavy (non-hydrogen) atoms. The minimum Gasteiger partial charge on any atom is -0.497 e. The van der Waals surface area contributed by atoms with Gasteiger partial charge in [-0.1, -0.05) is 17.8 Å². The van der Waals surface area contributed by atoms with E-state index in [1.54, 1.807) is 73.8 Å². The van der Waals surface area contributed by atoms with Crippen molar-refractivity contribution in [1.29, 1.82) is 0 Å². The average Bonchev–Trinajstić information content (AvgIpc) is 3.30. The third-order valence-corrected chi connectivity index (χ3v) is 8.50. The Hall–Kier alpha value is -5.42. The molecule has 0 fully saturated rings. The Kier molecular flexibility index (Phi) is 9.53. The number of hydrogen-bond donors (Lipinski definition) is 2. The van der Waals surface area contributed by atoms with Crippen LogP contribution in [0.4, 0.5) is 17.1 Å². The number of carbonyl (C=O) groups is 3. The fourth-order valence-electron chi connectivity index (χ4n) is 4.77. The van der Waals surface area contributed by atoms with Gasteiger partial charge in [-0.25, -0.2) is 4.90 Å². The van der Waals surface area contributed by atoms with E-state index in [0.717, 1.165) is 22.9 Å². The smallest absolute Gasteiger partial charge is 0.283 e. The molecular weight excluding hydrogens is 606 g/mol. The van der Waals surface area contributed by atoms with Crippen molar-refractivity contribution in [2.45, 2.75) is 18.7 Å². The maximum Gasteiger partial charge on any atom is 0.283 e. The first-order valence-corrected chi connectivity index (χ1v) is 15.0. The molecular formula is C35H33N3O7S. The molecule has 0 unspecified atom stereocenters. The zero-order chi connectivity index (χ0) is 33.0. The fourth-order valence-corrected chi connectivity index (χ4v) is 5.70. The highest BCUT2D eigenvalue weighted by molar-refractivity contribution is 8.04. The van der Waals surface area contributed by atoms with Crippen molar-refractivity contribution in [3.05, 3.63) is 106 Å². The van der Waals surface area contributed by atoms with Crippen molar-refractivity contribution >= 4 is 46.5 Å². The first-order valence-electron chi connectivity index (χ1n) is 14.2. The molecule has 0 saturated carbocycles. The van der Waals surface area contributed by atoms with Gasteiger partial charge in [-0.15, -0.1) is 0 Å². The largest absolute Gasteiger partial charge is 0.497 e. The van der Waals surface area contributed by atoms with Gasteiger partial charge in [0.15, 0.2) is 11.5 Å². The summed E-state index contributed by atoms with van der Waals surface area (Å²) in [6.45, 7) is 3.91. The molecule has 0 saturated heterocycles. The van der Waals surface area contributed by atoms with Gasteiger partial charge in [-0.2, -0.15) is 0 Å². The molecule has 2 N–H and O–H groups in total. The maximum atomic E-state index is 13.8. The topological polar surface area (TPSA) is 115 Å². The molecule has 0 aliphatic carbocycles. The zero-order valence-corrected chi connectivity index (χ0v) is 27.0. The van der Waals surface area contributed by atoms with E-state index in [2.05, 4.69) is 10.6 Å². The lowest BCUT2D eigenvalue weighted by Crippen LogP contribution is -2.32. The first kappa shape index (κ1) is 32.0. The van der Waals surface area contributed by atoms with Gasteiger partial charge in [0.1, 0.15) is 16.4 Å². The van der Waals surface area contributed by atoms with E-state index in [0.29, 0.717) is 50.5 Å². The van der Waals surface area contributed by atoms with E-state index in [4.69, 9.17) is 18.9 Å². The molecule has 4 aromatic rings. The van der Waals surface area contributed by atoms with E-state index < -0.39 is 11.8 Å². The van der Waals surface area contributed by atoms with E-state index in [1.165, 1.54) is 26.2 Å². The van der Waals surface area contributed by atoms with E-state index in [9.17, 15) is 14.4 Å².